The highest BCUT2D eigenvalue weighted by atomic mass is 16.3. The van der Waals surface area contributed by atoms with E-state index in [4.69, 9.17) is 4.98 Å². The first kappa shape index (κ1) is 23.6. The molecule has 1 saturated carbocycles. The Hall–Kier alpha value is -2.52. The Morgan fingerprint density at radius 2 is 1.76 bits per heavy atom. The van der Waals surface area contributed by atoms with Crippen molar-refractivity contribution in [1.82, 2.24) is 24.8 Å². The smallest absolute Gasteiger partial charge is 0.224 e. The molecule has 2 fully saturated rings. The normalized spacial score (nSPS) is 22.2. The van der Waals surface area contributed by atoms with Crippen molar-refractivity contribution < 1.29 is 5.11 Å². The molecule has 1 saturated heterocycles. The zero-order valence-corrected chi connectivity index (χ0v) is 19.9. The van der Waals surface area contributed by atoms with Crippen LogP contribution in [-0.2, 0) is 0 Å². The molecule has 0 amide bonds. The summed E-state index contributed by atoms with van der Waals surface area (Å²) in [6.45, 7) is 5.21. The number of aliphatic hydroxyl groups excluding tert-OH is 1. The summed E-state index contributed by atoms with van der Waals surface area (Å²) in [6.07, 6.45) is 11.2. The third-order valence-corrected chi connectivity index (χ3v) is 6.65. The molecule has 9 nitrogen and oxygen atoms in total. The van der Waals surface area contributed by atoms with E-state index in [9.17, 15) is 5.11 Å². The fourth-order valence-electron chi connectivity index (χ4n) is 4.50. The molecule has 33 heavy (non-hydrogen) atoms. The lowest BCUT2D eigenvalue weighted by atomic mass is 9.93. The van der Waals surface area contributed by atoms with Crippen LogP contribution in [0.1, 0.15) is 58.3 Å². The van der Waals surface area contributed by atoms with Crippen molar-refractivity contribution in [2.75, 3.05) is 42.6 Å². The van der Waals surface area contributed by atoms with E-state index >= 15 is 0 Å². The largest absolute Gasteiger partial charge is 0.393 e. The number of nitrogens with zero attached hydrogens (tertiary/aromatic N) is 5. The topological polar surface area (TPSA) is 111 Å². The van der Waals surface area contributed by atoms with Crippen molar-refractivity contribution in [3.8, 4) is 11.3 Å². The molecule has 2 aliphatic rings. The first-order chi connectivity index (χ1) is 16.1. The van der Waals surface area contributed by atoms with Gasteiger partial charge in [0.05, 0.1) is 17.4 Å². The Bertz CT molecular complexity index is 879. The lowest BCUT2D eigenvalue weighted by molar-refractivity contribution is 0.126. The summed E-state index contributed by atoms with van der Waals surface area (Å²) < 4.78 is 0. The molecule has 180 valence electrons. The van der Waals surface area contributed by atoms with Gasteiger partial charge in [-0.3, -0.25) is 0 Å². The van der Waals surface area contributed by atoms with Crippen LogP contribution >= 0.6 is 0 Å². The molecule has 0 aromatic carbocycles. The fourth-order valence-corrected chi connectivity index (χ4v) is 4.50. The zero-order chi connectivity index (χ0) is 23.0. The standard InChI is InChI=1S/C24H38N8O/c1-3-4-11-25-24-26-15-20(23(31-24)30-17-5-7-19(33)8-6-17)21-14-22(28-16-27-21)29-18-9-12-32(2)13-10-18/h14-19,33H,3-13H2,1-2H3,(H,27,28,29)(H2,25,26,30,31)/t17-,19-. The fraction of sp³-hybridized carbons (Fsp3) is 0.667. The number of anilines is 3. The minimum Gasteiger partial charge on any atom is -0.393 e. The highest BCUT2D eigenvalue weighted by molar-refractivity contribution is 5.74. The number of unbranched alkanes of at least 4 members (excludes halogenated alkanes) is 1. The van der Waals surface area contributed by atoms with Gasteiger partial charge in [-0.25, -0.2) is 15.0 Å². The maximum absolute atomic E-state index is 9.88. The van der Waals surface area contributed by atoms with Crippen LogP contribution in [0.5, 0.6) is 0 Å². The van der Waals surface area contributed by atoms with Gasteiger partial charge in [0.1, 0.15) is 18.0 Å². The Labute approximate surface area is 196 Å². The first-order valence-electron chi connectivity index (χ1n) is 12.4. The quantitative estimate of drug-likeness (QED) is 0.424. The maximum Gasteiger partial charge on any atom is 0.224 e. The number of hydrogen-bond donors (Lipinski definition) is 4. The minimum atomic E-state index is -0.186. The predicted molar refractivity (Wildman–Crippen MR) is 132 cm³/mol. The molecule has 0 atom stereocenters. The second-order valence-electron chi connectivity index (χ2n) is 9.40. The van der Waals surface area contributed by atoms with Gasteiger partial charge in [0.2, 0.25) is 5.95 Å². The Morgan fingerprint density at radius 3 is 2.52 bits per heavy atom. The highest BCUT2D eigenvalue weighted by Crippen LogP contribution is 2.30. The van der Waals surface area contributed by atoms with E-state index in [2.05, 4.69) is 49.8 Å². The Kier molecular flexibility index (Phi) is 8.28. The highest BCUT2D eigenvalue weighted by Gasteiger charge is 2.22. The van der Waals surface area contributed by atoms with Gasteiger partial charge in [-0.2, -0.15) is 4.98 Å². The number of aromatic nitrogens is 4. The molecular weight excluding hydrogens is 416 g/mol. The van der Waals surface area contributed by atoms with Crippen molar-refractivity contribution in [2.24, 2.45) is 0 Å². The van der Waals surface area contributed by atoms with E-state index in [0.29, 0.717) is 12.0 Å². The maximum atomic E-state index is 9.88. The molecule has 0 spiro atoms. The number of likely N-dealkylation sites (tertiary alicyclic amines) is 1. The van der Waals surface area contributed by atoms with Gasteiger partial charge in [0.25, 0.3) is 0 Å². The molecule has 2 aromatic rings. The van der Waals surface area contributed by atoms with E-state index in [0.717, 1.165) is 93.9 Å². The van der Waals surface area contributed by atoms with Gasteiger partial charge >= 0.3 is 0 Å². The molecule has 1 aliphatic carbocycles. The van der Waals surface area contributed by atoms with Crippen LogP contribution in [0.2, 0.25) is 0 Å². The van der Waals surface area contributed by atoms with Crippen LogP contribution in [0.4, 0.5) is 17.6 Å². The minimum absolute atomic E-state index is 0.186. The molecular formula is C24H38N8O. The molecule has 0 radical (unpaired) electrons. The lowest BCUT2D eigenvalue weighted by Crippen LogP contribution is -2.36. The number of nitrogens with one attached hydrogen (secondary N) is 3. The van der Waals surface area contributed by atoms with Crippen LogP contribution < -0.4 is 16.0 Å². The Balaban J connectivity index is 1.53. The van der Waals surface area contributed by atoms with Gasteiger partial charge in [-0.05, 0) is 65.1 Å². The van der Waals surface area contributed by atoms with Crippen molar-refractivity contribution in [3.05, 3.63) is 18.6 Å². The van der Waals surface area contributed by atoms with Crippen LogP contribution in [0, 0.1) is 0 Å². The van der Waals surface area contributed by atoms with Crippen LogP contribution in [0.3, 0.4) is 0 Å². The Morgan fingerprint density at radius 1 is 1.00 bits per heavy atom. The molecule has 9 heteroatoms. The number of piperidine rings is 1. The summed E-state index contributed by atoms with van der Waals surface area (Å²) in [7, 11) is 2.17. The van der Waals surface area contributed by atoms with E-state index in [1.807, 2.05) is 12.3 Å². The molecule has 4 rings (SSSR count). The molecule has 4 N–H and O–H groups in total. The monoisotopic (exact) mass is 454 g/mol. The predicted octanol–water partition coefficient (Wildman–Crippen LogP) is 3.37. The van der Waals surface area contributed by atoms with Crippen LogP contribution in [0.15, 0.2) is 18.6 Å². The third kappa shape index (κ3) is 6.74. The molecule has 2 aromatic heterocycles. The average molecular weight is 455 g/mol. The summed E-state index contributed by atoms with van der Waals surface area (Å²) in [4.78, 5) is 20.7. The van der Waals surface area contributed by atoms with Gasteiger partial charge < -0.3 is 26.0 Å². The molecule has 0 unspecified atom stereocenters. The SMILES string of the molecule is CCCCNc1ncc(-c2cc(NC3CCN(C)CC3)ncn2)c(N[C@H]2CC[C@H](O)CC2)n1. The number of rotatable bonds is 9. The second kappa shape index (κ2) is 11.6. The van der Waals surface area contributed by atoms with Crippen molar-refractivity contribution >= 4 is 17.6 Å². The first-order valence-corrected chi connectivity index (χ1v) is 12.4. The summed E-state index contributed by atoms with van der Waals surface area (Å²) in [6, 6.07) is 2.71. The van der Waals surface area contributed by atoms with E-state index in [1.54, 1.807) is 6.33 Å². The third-order valence-electron chi connectivity index (χ3n) is 6.65. The summed E-state index contributed by atoms with van der Waals surface area (Å²) in [5, 5.41) is 20.4. The van der Waals surface area contributed by atoms with Crippen molar-refractivity contribution in [3.63, 3.8) is 0 Å². The van der Waals surface area contributed by atoms with E-state index < -0.39 is 0 Å². The summed E-state index contributed by atoms with van der Waals surface area (Å²) in [5.74, 6) is 2.25. The van der Waals surface area contributed by atoms with Crippen LogP contribution in [0.25, 0.3) is 11.3 Å². The lowest BCUT2D eigenvalue weighted by Gasteiger charge is -2.29. The number of hydrogen-bond acceptors (Lipinski definition) is 9. The van der Waals surface area contributed by atoms with E-state index in [-0.39, 0.29) is 12.1 Å². The average Bonchev–Trinajstić information content (AvgIpc) is 2.83. The van der Waals surface area contributed by atoms with Gasteiger partial charge in [-0.1, -0.05) is 13.3 Å². The molecule has 1 aliphatic heterocycles. The van der Waals surface area contributed by atoms with Gasteiger partial charge in [-0.15, -0.1) is 0 Å². The molecule has 3 heterocycles. The second-order valence-corrected chi connectivity index (χ2v) is 9.40. The zero-order valence-electron chi connectivity index (χ0n) is 19.9. The van der Waals surface area contributed by atoms with E-state index in [1.165, 1.54) is 0 Å². The van der Waals surface area contributed by atoms with Crippen LogP contribution in [-0.4, -0.2) is 74.8 Å². The van der Waals surface area contributed by atoms with Gasteiger partial charge in [0, 0.05) is 30.9 Å². The summed E-state index contributed by atoms with van der Waals surface area (Å²) >= 11 is 0. The summed E-state index contributed by atoms with van der Waals surface area (Å²) in [5.41, 5.74) is 1.68. The van der Waals surface area contributed by atoms with Gasteiger partial charge in [0.15, 0.2) is 0 Å². The van der Waals surface area contributed by atoms with Crippen molar-refractivity contribution in [2.45, 2.75) is 76.5 Å². The number of aliphatic hydroxyl groups is 1. The molecule has 0 bridgehead atoms. The van der Waals surface area contributed by atoms with Crippen molar-refractivity contribution in [1.29, 1.82) is 0 Å².